The summed E-state index contributed by atoms with van der Waals surface area (Å²) in [5.74, 6) is 0.833. The number of rotatable bonds is 5. The van der Waals surface area contributed by atoms with Crippen molar-refractivity contribution in [1.82, 2.24) is 5.32 Å². The van der Waals surface area contributed by atoms with Crippen LogP contribution in [-0.4, -0.2) is 12.5 Å². The maximum Gasteiger partial charge on any atom is 0.220 e. The maximum absolute atomic E-state index is 11.7. The topological polar surface area (TPSA) is 68.3 Å². The Bertz CT molecular complexity index is 575. The zero-order valence-electron chi connectivity index (χ0n) is 11.4. The minimum Gasteiger partial charge on any atom is -0.459 e. The number of carbonyl (C=O) groups excluding carboxylic acids is 1. The fraction of sp³-hybridized carbons (Fsp3) is 0.400. The highest BCUT2D eigenvalue weighted by atomic mass is 16.3. The molecule has 0 aliphatic heterocycles. The smallest absolute Gasteiger partial charge is 0.220 e. The summed E-state index contributed by atoms with van der Waals surface area (Å²) in [6, 6.07) is 7.77. The second kappa shape index (κ2) is 5.89. The van der Waals surface area contributed by atoms with Crippen molar-refractivity contribution in [3.8, 4) is 0 Å². The molecule has 0 aliphatic rings. The Morgan fingerprint density at radius 3 is 2.84 bits per heavy atom. The Balaban J connectivity index is 2.15. The van der Waals surface area contributed by atoms with Gasteiger partial charge in [-0.15, -0.1) is 0 Å². The molecule has 1 atom stereocenters. The molecule has 19 heavy (non-hydrogen) atoms. The largest absolute Gasteiger partial charge is 0.459 e. The first-order valence-corrected chi connectivity index (χ1v) is 6.61. The van der Waals surface area contributed by atoms with E-state index in [0.717, 1.165) is 22.3 Å². The molecule has 0 radical (unpaired) electrons. The van der Waals surface area contributed by atoms with E-state index in [0.29, 0.717) is 19.4 Å². The van der Waals surface area contributed by atoms with Gasteiger partial charge in [-0.3, -0.25) is 4.79 Å². The lowest BCUT2D eigenvalue weighted by Gasteiger charge is -2.12. The van der Waals surface area contributed by atoms with Crippen LogP contribution in [0.1, 0.15) is 37.1 Å². The van der Waals surface area contributed by atoms with Gasteiger partial charge < -0.3 is 15.5 Å². The SMILES string of the molecule is Cc1c(C(C)NC(=O)CCCN)oc2ccccc12. The van der Waals surface area contributed by atoms with E-state index in [2.05, 4.69) is 5.32 Å². The van der Waals surface area contributed by atoms with Gasteiger partial charge in [0.2, 0.25) is 5.91 Å². The Morgan fingerprint density at radius 1 is 1.42 bits per heavy atom. The molecule has 4 nitrogen and oxygen atoms in total. The molecule has 1 unspecified atom stereocenters. The number of nitrogens with two attached hydrogens (primary N) is 1. The molecule has 0 saturated heterocycles. The molecule has 0 aliphatic carbocycles. The van der Waals surface area contributed by atoms with E-state index in [1.165, 1.54) is 0 Å². The summed E-state index contributed by atoms with van der Waals surface area (Å²) < 4.78 is 5.83. The van der Waals surface area contributed by atoms with Gasteiger partial charge in [0.15, 0.2) is 0 Å². The van der Waals surface area contributed by atoms with Gasteiger partial charge in [0.25, 0.3) is 0 Å². The third-order valence-corrected chi connectivity index (χ3v) is 3.26. The lowest BCUT2D eigenvalue weighted by atomic mass is 10.1. The standard InChI is InChI=1S/C15H20N2O2/c1-10-12-6-3-4-7-13(12)19-15(10)11(2)17-14(18)8-5-9-16/h3-4,6-7,11H,5,8-9,16H2,1-2H3,(H,17,18). The maximum atomic E-state index is 11.7. The highest BCUT2D eigenvalue weighted by Gasteiger charge is 2.17. The number of benzene rings is 1. The van der Waals surface area contributed by atoms with Crippen molar-refractivity contribution in [1.29, 1.82) is 0 Å². The Hall–Kier alpha value is -1.81. The van der Waals surface area contributed by atoms with E-state index in [1.807, 2.05) is 38.1 Å². The zero-order valence-corrected chi connectivity index (χ0v) is 11.4. The predicted molar refractivity (Wildman–Crippen MR) is 75.8 cm³/mol. The second-order valence-corrected chi connectivity index (χ2v) is 4.77. The van der Waals surface area contributed by atoms with Crippen molar-refractivity contribution >= 4 is 16.9 Å². The molecule has 2 rings (SSSR count). The molecule has 1 amide bonds. The van der Waals surface area contributed by atoms with Crippen molar-refractivity contribution in [2.24, 2.45) is 5.73 Å². The summed E-state index contributed by atoms with van der Waals surface area (Å²) in [4.78, 5) is 11.7. The normalized spacial score (nSPS) is 12.6. The van der Waals surface area contributed by atoms with Crippen molar-refractivity contribution in [2.45, 2.75) is 32.7 Å². The zero-order chi connectivity index (χ0) is 13.8. The number of furan rings is 1. The van der Waals surface area contributed by atoms with Gasteiger partial charge in [-0.25, -0.2) is 0 Å². The van der Waals surface area contributed by atoms with E-state index in [9.17, 15) is 4.79 Å². The fourth-order valence-electron chi connectivity index (χ4n) is 2.25. The third kappa shape index (κ3) is 2.96. The van der Waals surface area contributed by atoms with Crippen LogP contribution < -0.4 is 11.1 Å². The summed E-state index contributed by atoms with van der Waals surface area (Å²) in [6.07, 6.45) is 1.16. The van der Waals surface area contributed by atoms with Crippen molar-refractivity contribution in [3.05, 3.63) is 35.6 Å². The number of para-hydroxylation sites is 1. The molecule has 1 aromatic heterocycles. The van der Waals surface area contributed by atoms with Crippen LogP contribution in [-0.2, 0) is 4.79 Å². The fourth-order valence-corrected chi connectivity index (χ4v) is 2.25. The van der Waals surface area contributed by atoms with E-state index >= 15 is 0 Å². The number of hydrogen-bond donors (Lipinski definition) is 2. The van der Waals surface area contributed by atoms with E-state index in [-0.39, 0.29) is 11.9 Å². The first kappa shape index (κ1) is 13.6. The average Bonchev–Trinajstić information content (AvgIpc) is 2.74. The second-order valence-electron chi connectivity index (χ2n) is 4.77. The summed E-state index contributed by atoms with van der Waals surface area (Å²) in [7, 11) is 0. The van der Waals surface area contributed by atoms with Gasteiger partial charge in [-0.05, 0) is 32.9 Å². The van der Waals surface area contributed by atoms with Crippen molar-refractivity contribution < 1.29 is 9.21 Å². The van der Waals surface area contributed by atoms with Crippen LogP contribution in [0.4, 0.5) is 0 Å². The lowest BCUT2D eigenvalue weighted by Crippen LogP contribution is -2.27. The minimum absolute atomic E-state index is 0.0119. The molecule has 0 bridgehead atoms. The molecule has 3 N–H and O–H groups in total. The molecular weight excluding hydrogens is 240 g/mol. The van der Waals surface area contributed by atoms with Gasteiger partial charge in [0, 0.05) is 17.4 Å². The van der Waals surface area contributed by atoms with E-state index in [4.69, 9.17) is 10.2 Å². The van der Waals surface area contributed by atoms with E-state index < -0.39 is 0 Å². The first-order chi connectivity index (χ1) is 9.13. The molecule has 0 saturated carbocycles. The van der Waals surface area contributed by atoms with Crippen LogP contribution in [0.3, 0.4) is 0 Å². The number of nitrogens with one attached hydrogen (secondary N) is 1. The number of carbonyl (C=O) groups is 1. The van der Waals surface area contributed by atoms with Crippen molar-refractivity contribution in [3.63, 3.8) is 0 Å². The van der Waals surface area contributed by atoms with Gasteiger partial charge in [0.05, 0.1) is 6.04 Å². The Kier molecular flexibility index (Phi) is 4.22. The summed E-state index contributed by atoms with van der Waals surface area (Å²) in [6.45, 7) is 4.49. The van der Waals surface area contributed by atoms with Gasteiger partial charge in [0.1, 0.15) is 11.3 Å². The molecule has 102 valence electrons. The molecular formula is C15H20N2O2. The average molecular weight is 260 g/mol. The summed E-state index contributed by atoms with van der Waals surface area (Å²) in [5, 5.41) is 4.04. The highest BCUT2D eigenvalue weighted by molar-refractivity contribution is 5.82. The molecule has 0 fully saturated rings. The first-order valence-electron chi connectivity index (χ1n) is 6.61. The van der Waals surface area contributed by atoms with Gasteiger partial charge in [-0.2, -0.15) is 0 Å². The predicted octanol–water partition coefficient (Wildman–Crippen LogP) is 2.66. The highest BCUT2D eigenvalue weighted by Crippen LogP contribution is 2.29. The van der Waals surface area contributed by atoms with Crippen LogP contribution in [0.25, 0.3) is 11.0 Å². The minimum atomic E-state index is -0.127. The van der Waals surface area contributed by atoms with Crippen LogP contribution >= 0.6 is 0 Å². The van der Waals surface area contributed by atoms with Crippen LogP contribution in [0.15, 0.2) is 28.7 Å². The molecule has 4 heteroatoms. The molecule has 2 aromatic rings. The Morgan fingerprint density at radius 2 is 2.16 bits per heavy atom. The Labute approximate surface area is 113 Å². The van der Waals surface area contributed by atoms with E-state index in [1.54, 1.807) is 0 Å². The molecule has 1 heterocycles. The summed E-state index contributed by atoms with van der Waals surface area (Å²) in [5.41, 5.74) is 7.34. The number of amides is 1. The number of fused-ring (bicyclic) bond motifs is 1. The van der Waals surface area contributed by atoms with Crippen molar-refractivity contribution in [2.75, 3.05) is 6.54 Å². The van der Waals surface area contributed by atoms with Crippen LogP contribution in [0.5, 0.6) is 0 Å². The monoisotopic (exact) mass is 260 g/mol. The quantitative estimate of drug-likeness (QED) is 0.868. The molecule has 0 spiro atoms. The number of aryl methyl sites for hydroxylation is 1. The molecule has 1 aromatic carbocycles. The van der Waals surface area contributed by atoms with Crippen LogP contribution in [0.2, 0.25) is 0 Å². The lowest BCUT2D eigenvalue weighted by molar-refractivity contribution is -0.121. The number of hydrogen-bond acceptors (Lipinski definition) is 3. The van der Waals surface area contributed by atoms with Crippen LogP contribution in [0, 0.1) is 6.92 Å². The third-order valence-electron chi connectivity index (χ3n) is 3.26. The summed E-state index contributed by atoms with van der Waals surface area (Å²) >= 11 is 0. The van der Waals surface area contributed by atoms with Gasteiger partial charge >= 0.3 is 0 Å². The van der Waals surface area contributed by atoms with Gasteiger partial charge in [-0.1, -0.05) is 18.2 Å².